The lowest BCUT2D eigenvalue weighted by Gasteiger charge is -2.08. The fraction of sp³-hybridized carbons (Fsp3) is 0.429. The van der Waals surface area contributed by atoms with E-state index in [4.69, 9.17) is 16.3 Å². The van der Waals surface area contributed by atoms with Gasteiger partial charge in [0.15, 0.2) is 0 Å². The molecule has 0 fully saturated rings. The van der Waals surface area contributed by atoms with Crippen LogP contribution in [-0.4, -0.2) is 14.8 Å². The Hall–Kier alpha value is -1.55. The van der Waals surface area contributed by atoms with Gasteiger partial charge in [-0.05, 0) is 25.0 Å². The van der Waals surface area contributed by atoms with Gasteiger partial charge in [-0.1, -0.05) is 13.3 Å². The maximum absolute atomic E-state index is 5.91. The highest BCUT2D eigenvalue weighted by molar-refractivity contribution is 6.17. The van der Waals surface area contributed by atoms with E-state index in [-0.39, 0.29) is 0 Å². The van der Waals surface area contributed by atoms with Gasteiger partial charge in [-0.3, -0.25) is 0 Å². The Morgan fingerprint density at radius 2 is 2.11 bits per heavy atom. The summed E-state index contributed by atoms with van der Waals surface area (Å²) in [5.74, 6) is 1.71. The van der Waals surface area contributed by atoms with Crippen LogP contribution in [-0.2, 0) is 19.3 Å². The normalized spacial score (nSPS) is 10.7. The predicted octanol–water partition coefficient (Wildman–Crippen LogP) is 3.61. The van der Waals surface area contributed by atoms with Crippen molar-refractivity contribution in [3.05, 3.63) is 35.2 Å². The molecule has 0 saturated heterocycles. The lowest BCUT2D eigenvalue weighted by atomic mass is 10.2. The van der Waals surface area contributed by atoms with Crippen LogP contribution < -0.4 is 4.74 Å². The SMILES string of the molecule is CCCc1cc(CCl)cc(Oc2cc(C)nn2C)n1. The third kappa shape index (κ3) is 3.47. The molecular formula is C14H18ClN3O. The van der Waals surface area contributed by atoms with Gasteiger partial charge in [-0.15, -0.1) is 11.6 Å². The van der Waals surface area contributed by atoms with E-state index in [0.29, 0.717) is 17.6 Å². The average Bonchev–Trinajstić information content (AvgIpc) is 2.68. The zero-order valence-electron chi connectivity index (χ0n) is 11.5. The van der Waals surface area contributed by atoms with E-state index in [9.17, 15) is 0 Å². The first-order chi connectivity index (χ1) is 9.12. The van der Waals surface area contributed by atoms with E-state index in [2.05, 4.69) is 17.0 Å². The third-order valence-corrected chi connectivity index (χ3v) is 3.05. The maximum Gasteiger partial charge on any atom is 0.221 e. The molecule has 0 radical (unpaired) electrons. The summed E-state index contributed by atoms with van der Waals surface area (Å²) in [6.45, 7) is 4.05. The molecule has 2 rings (SSSR count). The monoisotopic (exact) mass is 279 g/mol. The number of hydrogen-bond donors (Lipinski definition) is 0. The zero-order chi connectivity index (χ0) is 13.8. The molecule has 19 heavy (non-hydrogen) atoms. The van der Waals surface area contributed by atoms with E-state index in [1.54, 1.807) is 4.68 Å². The minimum absolute atomic E-state index is 0.458. The topological polar surface area (TPSA) is 39.9 Å². The van der Waals surface area contributed by atoms with Crippen molar-refractivity contribution < 1.29 is 4.74 Å². The highest BCUT2D eigenvalue weighted by Gasteiger charge is 2.08. The molecular weight excluding hydrogens is 262 g/mol. The van der Waals surface area contributed by atoms with Gasteiger partial charge in [-0.25, -0.2) is 9.67 Å². The van der Waals surface area contributed by atoms with Crippen LogP contribution in [0.5, 0.6) is 11.8 Å². The first-order valence-corrected chi connectivity index (χ1v) is 6.90. The largest absolute Gasteiger partial charge is 0.421 e. The standard InChI is InChI=1S/C14H18ClN3O/c1-4-5-12-7-11(9-15)8-13(16-12)19-14-6-10(2)17-18(14)3/h6-8H,4-5,9H2,1-3H3. The van der Waals surface area contributed by atoms with E-state index in [1.165, 1.54) is 0 Å². The Bertz CT molecular complexity index is 566. The summed E-state index contributed by atoms with van der Waals surface area (Å²) in [5.41, 5.74) is 2.95. The summed E-state index contributed by atoms with van der Waals surface area (Å²) >= 11 is 5.91. The van der Waals surface area contributed by atoms with Crippen LogP contribution in [0.4, 0.5) is 0 Å². The van der Waals surface area contributed by atoms with Crippen LogP contribution in [0.1, 0.15) is 30.3 Å². The summed E-state index contributed by atoms with van der Waals surface area (Å²) in [6.07, 6.45) is 1.97. The molecule has 0 aliphatic rings. The maximum atomic E-state index is 5.91. The summed E-state index contributed by atoms with van der Waals surface area (Å²) in [4.78, 5) is 4.49. The second-order valence-corrected chi connectivity index (χ2v) is 4.81. The molecule has 0 N–H and O–H groups in total. The molecule has 2 heterocycles. The second kappa shape index (κ2) is 6.06. The number of rotatable bonds is 5. The summed E-state index contributed by atoms with van der Waals surface area (Å²) in [6, 6.07) is 5.78. The minimum Gasteiger partial charge on any atom is -0.421 e. The van der Waals surface area contributed by atoms with Crippen molar-refractivity contribution in [3.8, 4) is 11.8 Å². The van der Waals surface area contributed by atoms with Gasteiger partial charge in [0.25, 0.3) is 0 Å². The lowest BCUT2D eigenvalue weighted by molar-refractivity contribution is 0.413. The number of halogens is 1. The van der Waals surface area contributed by atoms with Gasteiger partial charge < -0.3 is 4.74 Å². The van der Waals surface area contributed by atoms with Crippen LogP contribution in [0, 0.1) is 6.92 Å². The number of pyridine rings is 1. The van der Waals surface area contributed by atoms with Crippen molar-refractivity contribution in [2.45, 2.75) is 32.6 Å². The molecule has 0 atom stereocenters. The lowest BCUT2D eigenvalue weighted by Crippen LogP contribution is -1.99. The van der Waals surface area contributed by atoms with Crippen LogP contribution in [0.15, 0.2) is 18.2 Å². The van der Waals surface area contributed by atoms with E-state index in [1.807, 2.05) is 32.2 Å². The van der Waals surface area contributed by atoms with E-state index < -0.39 is 0 Å². The molecule has 2 aromatic rings. The quantitative estimate of drug-likeness (QED) is 0.785. The smallest absolute Gasteiger partial charge is 0.221 e. The summed E-state index contributed by atoms with van der Waals surface area (Å²) < 4.78 is 7.49. The van der Waals surface area contributed by atoms with Crippen molar-refractivity contribution in [2.75, 3.05) is 0 Å². The zero-order valence-corrected chi connectivity index (χ0v) is 12.2. The van der Waals surface area contributed by atoms with Gasteiger partial charge in [-0.2, -0.15) is 5.10 Å². The number of nitrogens with zero attached hydrogens (tertiary/aromatic N) is 3. The Morgan fingerprint density at radius 3 is 2.68 bits per heavy atom. The molecule has 0 bridgehead atoms. The summed E-state index contributed by atoms with van der Waals surface area (Å²) in [7, 11) is 1.85. The van der Waals surface area contributed by atoms with Crippen LogP contribution >= 0.6 is 11.6 Å². The first kappa shape index (κ1) is 13.9. The van der Waals surface area contributed by atoms with Crippen molar-refractivity contribution in [3.63, 3.8) is 0 Å². The van der Waals surface area contributed by atoms with Gasteiger partial charge in [0.1, 0.15) is 0 Å². The third-order valence-electron chi connectivity index (χ3n) is 2.74. The number of aryl methyl sites for hydroxylation is 3. The highest BCUT2D eigenvalue weighted by atomic mass is 35.5. The fourth-order valence-electron chi connectivity index (χ4n) is 1.92. The highest BCUT2D eigenvalue weighted by Crippen LogP contribution is 2.22. The van der Waals surface area contributed by atoms with Gasteiger partial charge in [0.2, 0.25) is 11.8 Å². The average molecular weight is 280 g/mol. The number of alkyl halides is 1. The number of hydrogen-bond acceptors (Lipinski definition) is 3. The van der Waals surface area contributed by atoms with Gasteiger partial charge >= 0.3 is 0 Å². The number of aromatic nitrogens is 3. The van der Waals surface area contributed by atoms with Gasteiger partial charge in [0.05, 0.1) is 5.69 Å². The molecule has 0 aliphatic heterocycles. The van der Waals surface area contributed by atoms with Crippen LogP contribution in [0.25, 0.3) is 0 Å². The fourth-order valence-corrected chi connectivity index (χ4v) is 2.08. The number of ether oxygens (including phenoxy) is 1. The van der Waals surface area contributed by atoms with Crippen LogP contribution in [0.2, 0.25) is 0 Å². The minimum atomic E-state index is 0.458. The second-order valence-electron chi connectivity index (χ2n) is 4.54. The Morgan fingerprint density at radius 1 is 1.32 bits per heavy atom. The van der Waals surface area contributed by atoms with E-state index >= 15 is 0 Å². The van der Waals surface area contributed by atoms with Crippen molar-refractivity contribution >= 4 is 11.6 Å². The Kier molecular flexibility index (Phi) is 4.43. The molecule has 0 unspecified atom stereocenters. The molecule has 0 spiro atoms. The van der Waals surface area contributed by atoms with Crippen molar-refractivity contribution in [2.24, 2.45) is 7.05 Å². The summed E-state index contributed by atoms with van der Waals surface area (Å²) in [5, 5.41) is 4.25. The van der Waals surface area contributed by atoms with Crippen LogP contribution in [0.3, 0.4) is 0 Å². The first-order valence-electron chi connectivity index (χ1n) is 6.36. The van der Waals surface area contributed by atoms with E-state index in [0.717, 1.165) is 29.8 Å². The predicted molar refractivity (Wildman–Crippen MR) is 75.8 cm³/mol. The molecule has 2 aromatic heterocycles. The van der Waals surface area contributed by atoms with Gasteiger partial charge in [0, 0.05) is 30.8 Å². The molecule has 0 aliphatic carbocycles. The molecule has 4 nitrogen and oxygen atoms in total. The molecule has 102 valence electrons. The Balaban J connectivity index is 2.28. The Labute approximate surface area is 118 Å². The van der Waals surface area contributed by atoms with Crippen molar-refractivity contribution in [1.82, 2.24) is 14.8 Å². The molecule has 0 aromatic carbocycles. The molecule has 5 heteroatoms. The molecule has 0 amide bonds. The molecule has 0 saturated carbocycles. The van der Waals surface area contributed by atoms with Crippen molar-refractivity contribution in [1.29, 1.82) is 0 Å².